The molecule has 1 saturated heterocycles. The summed E-state index contributed by atoms with van der Waals surface area (Å²) in [6, 6.07) is 8.93. The minimum atomic E-state index is 0.238. The van der Waals surface area contributed by atoms with Gasteiger partial charge < -0.3 is 10.0 Å². The fourth-order valence-corrected chi connectivity index (χ4v) is 3.12. The molecule has 4 heteroatoms. The molecule has 1 N–H and O–H groups in total. The average molecular weight is 313 g/mol. The van der Waals surface area contributed by atoms with E-state index in [4.69, 9.17) is 5.11 Å². The number of nitrogens with zero attached hydrogens (tertiary/aromatic N) is 2. The van der Waals surface area contributed by atoms with Crippen molar-refractivity contribution in [1.29, 1.82) is 0 Å². The molecule has 100 valence electrons. The van der Waals surface area contributed by atoms with Gasteiger partial charge in [-0.2, -0.15) is 0 Å². The Balaban J connectivity index is 2.05. The first kappa shape index (κ1) is 13.8. The molecule has 1 aromatic carbocycles. The maximum Gasteiger partial charge on any atom is 0.0558 e. The number of hydrogen-bond acceptors (Lipinski definition) is 3. The number of benzene rings is 1. The zero-order valence-electron chi connectivity index (χ0n) is 10.8. The number of anilines is 1. The molecule has 0 aromatic heterocycles. The van der Waals surface area contributed by atoms with Crippen LogP contribution in [0.25, 0.3) is 0 Å². The van der Waals surface area contributed by atoms with Crippen molar-refractivity contribution in [3.63, 3.8) is 0 Å². The Morgan fingerprint density at radius 3 is 2.94 bits per heavy atom. The van der Waals surface area contributed by atoms with Gasteiger partial charge in [-0.15, -0.1) is 0 Å². The van der Waals surface area contributed by atoms with Gasteiger partial charge in [-0.1, -0.05) is 12.1 Å². The normalized spacial score (nSPS) is 20.4. The summed E-state index contributed by atoms with van der Waals surface area (Å²) in [5.74, 6) is 0. The lowest BCUT2D eigenvalue weighted by atomic mass is 10.0. The Morgan fingerprint density at radius 1 is 1.44 bits per heavy atom. The molecule has 1 aromatic rings. The summed E-state index contributed by atoms with van der Waals surface area (Å²) in [6.45, 7) is 3.15. The van der Waals surface area contributed by atoms with E-state index in [9.17, 15) is 0 Å². The standard InChI is InChI=1S/C14H21BrN2O/c1-16(9-10-18)12-5-4-8-17(11-12)14-7-3-2-6-13(14)15/h2-3,6-7,12,18H,4-5,8-11H2,1H3. The second-order valence-electron chi connectivity index (χ2n) is 4.90. The van der Waals surface area contributed by atoms with Gasteiger partial charge in [0.25, 0.3) is 0 Å². The van der Waals surface area contributed by atoms with Crippen molar-refractivity contribution in [2.75, 3.05) is 38.2 Å². The van der Waals surface area contributed by atoms with Crippen LogP contribution in [0.15, 0.2) is 28.7 Å². The second kappa shape index (κ2) is 6.55. The van der Waals surface area contributed by atoms with E-state index in [0.717, 1.165) is 24.1 Å². The summed E-state index contributed by atoms with van der Waals surface area (Å²) < 4.78 is 1.16. The van der Waals surface area contributed by atoms with Crippen molar-refractivity contribution < 1.29 is 5.11 Å². The minimum Gasteiger partial charge on any atom is -0.395 e. The summed E-state index contributed by atoms with van der Waals surface area (Å²) in [5, 5.41) is 9.03. The lowest BCUT2D eigenvalue weighted by Gasteiger charge is -2.39. The number of para-hydroxylation sites is 1. The van der Waals surface area contributed by atoms with Crippen LogP contribution in [0.5, 0.6) is 0 Å². The molecule has 1 aliphatic heterocycles. The van der Waals surface area contributed by atoms with Crippen LogP contribution in [0, 0.1) is 0 Å². The highest BCUT2D eigenvalue weighted by molar-refractivity contribution is 9.10. The number of likely N-dealkylation sites (N-methyl/N-ethyl adjacent to an activating group) is 1. The predicted molar refractivity (Wildman–Crippen MR) is 79.1 cm³/mol. The monoisotopic (exact) mass is 312 g/mol. The highest BCUT2D eigenvalue weighted by Gasteiger charge is 2.23. The molecular formula is C14H21BrN2O. The van der Waals surface area contributed by atoms with E-state index in [0.29, 0.717) is 6.04 Å². The highest BCUT2D eigenvalue weighted by atomic mass is 79.9. The maximum atomic E-state index is 9.03. The zero-order chi connectivity index (χ0) is 13.0. The van der Waals surface area contributed by atoms with Gasteiger partial charge in [0.05, 0.1) is 12.3 Å². The molecule has 2 rings (SSSR count). The van der Waals surface area contributed by atoms with E-state index >= 15 is 0 Å². The van der Waals surface area contributed by atoms with Gasteiger partial charge in [-0.3, -0.25) is 4.90 Å². The van der Waals surface area contributed by atoms with Crippen LogP contribution >= 0.6 is 15.9 Å². The van der Waals surface area contributed by atoms with Crippen molar-refractivity contribution in [2.45, 2.75) is 18.9 Å². The Hall–Kier alpha value is -0.580. The van der Waals surface area contributed by atoms with E-state index < -0.39 is 0 Å². The van der Waals surface area contributed by atoms with Crippen molar-refractivity contribution in [3.05, 3.63) is 28.7 Å². The number of halogens is 1. The van der Waals surface area contributed by atoms with Gasteiger partial charge in [0, 0.05) is 30.1 Å². The van der Waals surface area contributed by atoms with Crippen LogP contribution in [0.1, 0.15) is 12.8 Å². The predicted octanol–water partition coefficient (Wildman–Crippen LogP) is 2.34. The molecule has 18 heavy (non-hydrogen) atoms. The van der Waals surface area contributed by atoms with Crippen molar-refractivity contribution >= 4 is 21.6 Å². The Bertz CT molecular complexity index is 386. The molecular weight excluding hydrogens is 292 g/mol. The number of rotatable bonds is 4. The van der Waals surface area contributed by atoms with E-state index in [2.05, 4.69) is 51.0 Å². The fraction of sp³-hybridized carbons (Fsp3) is 0.571. The van der Waals surface area contributed by atoms with Crippen LogP contribution in [0.2, 0.25) is 0 Å². The van der Waals surface area contributed by atoms with Gasteiger partial charge in [-0.05, 0) is 48.0 Å². The summed E-state index contributed by atoms with van der Waals surface area (Å²) in [6.07, 6.45) is 2.43. The van der Waals surface area contributed by atoms with Crippen LogP contribution in [-0.2, 0) is 0 Å². The quantitative estimate of drug-likeness (QED) is 0.924. The molecule has 0 radical (unpaired) electrons. The van der Waals surface area contributed by atoms with Crippen molar-refractivity contribution in [2.24, 2.45) is 0 Å². The molecule has 0 spiro atoms. The zero-order valence-corrected chi connectivity index (χ0v) is 12.4. The van der Waals surface area contributed by atoms with Crippen LogP contribution in [0.4, 0.5) is 5.69 Å². The van der Waals surface area contributed by atoms with Gasteiger partial charge in [0.15, 0.2) is 0 Å². The SMILES string of the molecule is CN(CCO)C1CCCN(c2ccccc2Br)C1. The third kappa shape index (κ3) is 3.25. The van der Waals surface area contributed by atoms with E-state index in [1.807, 2.05) is 6.07 Å². The molecule has 1 fully saturated rings. The summed E-state index contributed by atoms with van der Waals surface area (Å²) in [4.78, 5) is 4.70. The first-order valence-electron chi connectivity index (χ1n) is 6.53. The van der Waals surface area contributed by atoms with Gasteiger partial charge >= 0.3 is 0 Å². The second-order valence-corrected chi connectivity index (χ2v) is 5.75. The Kier molecular flexibility index (Phi) is 5.03. The summed E-state index contributed by atoms with van der Waals surface area (Å²) in [7, 11) is 2.10. The van der Waals surface area contributed by atoms with Gasteiger partial charge in [-0.25, -0.2) is 0 Å². The van der Waals surface area contributed by atoms with Crippen LogP contribution in [0.3, 0.4) is 0 Å². The van der Waals surface area contributed by atoms with Crippen molar-refractivity contribution in [1.82, 2.24) is 4.90 Å². The molecule has 1 unspecified atom stereocenters. The third-order valence-corrected chi connectivity index (χ3v) is 4.34. The van der Waals surface area contributed by atoms with Gasteiger partial charge in [0.2, 0.25) is 0 Å². The molecule has 0 bridgehead atoms. The molecule has 0 aliphatic carbocycles. The molecule has 0 amide bonds. The lowest BCUT2D eigenvalue weighted by molar-refractivity contribution is 0.166. The summed E-state index contributed by atoms with van der Waals surface area (Å²) >= 11 is 3.62. The van der Waals surface area contributed by atoms with E-state index in [-0.39, 0.29) is 6.61 Å². The smallest absolute Gasteiger partial charge is 0.0558 e. The number of piperidine rings is 1. The van der Waals surface area contributed by atoms with Crippen LogP contribution < -0.4 is 4.90 Å². The maximum absolute atomic E-state index is 9.03. The van der Waals surface area contributed by atoms with E-state index in [1.165, 1.54) is 18.5 Å². The first-order chi connectivity index (χ1) is 8.72. The first-order valence-corrected chi connectivity index (χ1v) is 7.32. The van der Waals surface area contributed by atoms with Crippen molar-refractivity contribution in [3.8, 4) is 0 Å². The van der Waals surface area contributed by atoms with Crippen LogP contribution in [-0.4, -0.2) is 49.3 Å². The minimum absolute atomic E-state index is 0.238. The molecule has 1 heterocycles. The number of hydrogen-bond donors (Lipinski definition) is 1. The molecule has 1 atom stereocenters. The fourth-order valence-electron chi connectivity index (χ4n) is 2.58. The number of aliphatic hydroxyl groups excluding tert-OH is 1. The topological polar surface area (TPSA) is 26.7 Å². The Labute approximate surface area is 118 Å². The average Bonchev–Trinajstić information content (AvgIpc) is 2.40. The third-order valence-electron chi connectivity index (χ3n) is 3.67. The molecule has 0 saturated carbocycles. The summed E-state index contributed by atoms with van der Waals surface area (Å²) in [5.41, 5.74) is 1.28. The lowest BCUT2D eigenvalue weighted by Crippen LogP contribution is -2.47. The number of aliphatic hydroxyl groups is 1. The molecule has 3 nitrogen and oxygen atoms in total. The van der Waals surface area contributed by atoms with E-state index in [1.54, 1.807) is 0 Å². The highest BCUT2D eigenvalue weighted by Crippen LogP contribution is 2.28. The van der Waals surface area contributed by atoms with Gasteiger partial charge in [0.1, 0.15) is 0 Å². The molecule has 1 aliphatic rings. The Morgan fingerprint density at radius 2 is 2.22 bits per heavy atom. The largest absolute Gasteiger partial charge is 0.395 e.